The van der Waals surface area contributed by atoms with Gasteiger partial charge in [0.25, 0.3) is 5.91 Å². The van der Waals surface area contributed by atoms with Crippen LogP contribution in [-0.2, 0) is 0 Å². The summed E-state index contributed by atoms with van der Waals surface area (Å²) in [5.41, 5.74) is 3.65. The van der Waals surface area contributed by atoms with Crippen molar-refractivity contribution in [2.24, 2.45) is 4.99 Å². The van der Waals surface area contributed by atoms with Gasteiger partial charge < -0.3 is 19.6 Å². The fourth-order valence-electron chi connectivity index (χ4n) is 3.44. The van der Waals surface area contributed by atoms with Crippen molar-refractivity contribution in [1.82, 2.24) is 5.32 Å². The Morgan fingerprint density at radius 1 is 1.26 bits per heavy atom. The number of hydrogen-bond donors (Lipinski definition) is 2. The van der Waals surface area contributed by atoms with Gasteiger partial charge in [0.1, 0.15) is 22.8 Å². The van der Waals surface area contributed by atoms with Gasteiger partial charge in [-0.05, 0) is 49.2 Å². The molecular formula is C21H20N2O4. The van der Waals surface area contributed by atoms with Gasteiger partial charge in [0.2, 0.25) is 0 Å². The number of furan rings is 1. The Morgan fingerprint density at radius 3 is 2.67 bits per heavy atom. The molecule has 2 heterocycles. The van der Waals surface area contributed by atoms with Crippen molar-refractivity contribution in [3.05, 3.63) is 47.5 Å². The van der Waals surface area contributed by atoms with E-state index in [1.165, 1.54) is 0 Å². The minimum absolute atomic E-state index is 0.152. The van der Waals surface area contributed by atoms with E-state index in [4.69, 9.17) is 9.15 Å². The number of nitrogens with zero attached hydrogens (tertiary/aromatic N) is 1. The molecule has 2 N–H and O–H groups in total. The summed E-state index contributed by atoms with van der Waals surface area (Å²) in [6.07, 6.45) is 1.92. The van der Waals surface area contributed by atoms with E-state index in [9.17, 15) is 9.90 Å². The maximum absolute atomic E-state index is 12.6. The molecule has 1 aliphatic rings. The summed E-state index contributed by atoms with van der Waals surface area (Å²) < 4.78 is 11.7. The Bertz CT molecular complexity index is 1050. The lowest BCUT2D eigenvalue weighted by Gasteiger charge is -2.08. The summed E-state index contributed by atoms with van der Waals surface area (Å²) >= 11 is 0. The van der Waals surface area contributed by atoms with E-state index in [2.05, 4.69) is 10.3 Å². The standard InChI is InChI=1S/C21H20N2O4/c1-22-21(25)19-15-11-17(26-2)14(16-4-3-9-23-16)10-18(15)27-20(19)12-5-7-13(24)8-6-12/h5-8,10-11,24H,3-4,9H2,1-2H3,(H,22,25). The second-order valence-electron chi connectivity index (χ2n) is 6.41. The number of aliphatic imine (C=N–C) groups is 1. The Morgan fingerprint density at radius 2 is 2.04 bits per heavy atom. The van der Waals surface area contributed by atoms with Crippen LogP contribution in [0.5, 0.6) is 11.5 Å². The number of phenols is 1. The molecule has 0 aliphatic carbocycles. The second kappa shape index (κ2) is 6.79. The maximum atomic E-state index is 12.6. The van der Waals surface area contributed by atoms with Crippen LogP contribution in [0.15, 0.2) is 45.8 Å². The Labute approximate surface area is 156 Å². The number of amides is 1. The fraction of sp³-hybridized carbons (Fsp3) is 0.238. The number of benzene rings is 2. The van der Waals surface area contributed by atoms with Crippen LogP contribution in [-0.4, -0.2) is 37.4 Å². The number of fused-ring (bicyclic) bond motifs is 1. The molecule has 0 saturated heterocycles. The highest BCUT2D eigenvalue weighted by Gasteiger charge is 2.24. The van der Waals surface area contributed by atoms with Crippen LogP contribution in [0.4, 0.5) is 0 Å². The molecule has 1 aromatic heterocycles. The number of methoxy groups -OCH3 is 1. The van der Waals surface area contributed by atoms with E-state index >= 15 is 0 Å². The number of rotatable bonds is 4. The fourth-order valence-corrected chi connectivity index (χ4v) is 3.44. The van der Waals surface area contributed by atoms with Gasteiger partial charge in [-0.2, -0.15) is 0 Å². The van der Waals surface area contributed by atoms with Crippen molar-refractivity contribution < 1.29 is 19.1 Å². The van der Waals surface area contributed by atoms with Gasteiger partial charge in [-0.15, -0.1) is 0 Å². The average Bonchev–Trinajstić information content (AvgIpc) is 3.34. The van der Waals surface area contributed by atoms with Gasteiger partial charge in [0, 0.05) is 35.8 Å². The molecule has 1 aliphatic heterocycles. The van der Waals surface area contributed by atoms with Gasteiger partial charge in [-0.3, -0.25) is 9.79 Å². The average molecular weight is 364 g/mol. The predicted molar refractivity (Wildman–Crippen MR) is 104 cm³/mol. The highest BCUT2D eigenvalue weighted by atomic mass is 16.5. The minimum atomic E-state index is -0.246. The molecule has 3 aromatic rings. The molecule has 0 unspecified atom stereocenters. The van der Waals surface area contributed by atoms with Crippen molar-refractivity contribution in [3.8, 4) is 22.8 Å². The van der Waals surface area contributed by atoms with Gasteiger partial charge in [0.05, 0.1) is 12.7 Å². The quantitative estimate of drug-likeness (QED) is 0.738. The monoisotopic (exact) mass is 364 g/mol. The SMILES string of the molecule is CNC(=O)c1c(-c2ccc(O)cc2)oc2cc(C3=NCCC3)c(OC)cc12. The number of ether oxygens (including phenoxy) is 1. The lowest BCUT2D eigenvalue weighted by Crippen LogP contribution is -2.18. The van der Waals surface area contributed by atoms with Gasteiger partial charge >= 0.3 is 0 Å². The number of nitrogens with one attached hydrogen (secondary N) is 1. The van der Waals surface area contributed by atoms with E-state index in [1.807, 2.05) is 12.1 Å². The number of phenolic OH excluding ortho intramolecular Hbond substituents is 1. The van der Waals surface area contributed by atoms with Crippen LogP contribution < -0.4 is 10.1 Å². The van der Waals surface area contributed by atoms with E-state index in [1.54, 1.807) is 38.4 Å². The summed E-state index contributed by atoms with van der Waals surface area (Å²) in [6, 6.07) is 10.3. The Kier molecular flexibility index (Phi) is 4.32. The smallest absolute Gasteiger partial charge is 0.255 e. The number of hydrogen-bond acceptors (Lipinski definition) is 5. The molecular weight excluding hydrogens is 344 g/mol. The van der Waals surface area contributed by atoms with Crippen molar-refractivity contribution in [2.75, 3.05) is 20.7 Å². The van der Waals surface area contributed by atoms with Crippen LogP contribution >= 0.6 is 0 Å². The summed E-state index contributed by atoms with van der Waals surface area (Å²) in [5.74, 6) is 1.03. The van der Waals surface area contributed by atoms with E-state index in [0.717, 1.165) is 30.7 Å². The first-order valence-corrected chi connectivity index (χ1v) is 8.82. The van der Waals surface area contributed by atoms with Crippen LogP contribution in [0, 0.1) is 0 Å². The largest absolute Gasteiger partial charge is 0.508 e. The van der Waals surface area contributed by atoms with Gasteiger partial charge in [-0.1, -0.05) is 0 Å². The zero-order valence-corrected chi connectivity index (χ0v) is 15.2. The number of carbonyl (C=O) groups excluding carboxylic acids is 1. The molecule has 138 valence electrons. The third-order valence-electron chi connectivity index (χ3n) is 4.78. The normalized spacial score (nSPS) is 13.6. The lowest BCUT2D eigenvalue weighted by molar-refractivity contribution is 0.0964. The first-order valence-electron chi connectivity index (χ1n) is 8.82. The first-order chi connectivity index (χ1) is 13.1. The lowest BCUT2D eigenvalue weighted by atomic mass is 10.0. The molecule has 27 heavy (non-hydrogen) atoms. The van der Waals surface area contributed by atoms with Crippen LogP contribution in [0.3, 0.4) is 0 Å². The third kappa shape index (κ3) is 2.93. The van der Waals surface area contributed by atoms with Gasteiger partial charge in [-0.25, -0.2) is 0 Å². The molecule has 0 fully saturated rings. The summed E-state index contributed by atoms with van der Waals surface area (Å²) in [4.78, 5) is 17.2. The Hall–Kier alpha value is -3.28. The molecule has 0 atom stereocenters. The molecule has 6 nitrogen and oxygen atoms in total. The second-order valence-corrected chi connectivity index (χ2v) is 6.41. The maximum Gasteiger partial charge on any atom is 0.255 e. The highest BCUT2D eigenvalue weighted by Crippen LogP contribution is 2.38. The van der Waals surface area contributed by atoms with Crippen LogP contribution in [0.1, 0.15) is 28.8 Å². The summed E-state index contributed by atoms with van der Waals surface area (Å²) in [5, 5.41) is 12.9. The molecule has 0 spiro atoms. The van der Waals surface area contributed by atoms with Crippen molar-refractivity contribution in [1.29, 1.82) is 0 Å². The van der Waals surface area contributed by atoms with E-state index < -0.39 is 0 Å². The highest BCUT2D eigenvalue weighted by molar-refractivity contribution is 6.13. The first kappa shape index (κ1) is 17.1. The molecule has 6 heteroatoms. The van der Waals surface area contributed by atoms with Crippen molar-refractivity contribution in [2.45, 2.75) is 12.8 Å². The molecule has 2 aromatic carbocycles. The van der Waals surface area contributed by atoms with Crippen LogP contribution in [0.25, 0.3) is 22.3 Å². The topological polar surface area (TPSA) is 84.1 Å². The third-order valence-corrected chi connectivity index (χ3v) is 4.78. The Balaban J connectivity index is 1.98. The minimum Gasteiger partial charge on any atom is -0.508 e. The molecule has 1 amide bonds. The number of carbonyl (C=O) groups is 1. The van der Waals surface area contributed by atoms with Crippen molar-refractivity contribution >= 4 is 22.6 Å². The molecule has 0 bridgehead atoms. The molecule has 4 rings (SSSR count). The zero-order valence-electron chi connectivity index (χ0n) is 15.2. The summed E-state index contributed by atoms with van der Waals surface area (Å²) in [6.45, 7) is 0.816. The molecule has 0 saturated carbocycles. The van der Waals surface area contributed by atoms with Crippen LogP contribution in [0.2, 0.25) is 0 Å². The molecule has 0 radical (unpaired) electrons. The number of aromatic hydroxyl groups is 1. The zero-order chi connectivity index (χ0) is 19.0. The summed E-state index contributed by atoms with van der Waals surface area (Å²) in [7, 11) is 3.20. The van der Waals surface area contributed by atoms with E-state index in [0.29, 0.717) is 33.6 Å². The van der Waals surface area contributed by atoms with Gasteiger partial charge in [0.15, 0.2) is 0 Å². The predicted octanol–water partition coefficient (Wildman–Crippen LogP) is 3.76. The van der Waals surface area contributed by atoms with Crippen molar-refractivity contribution in [3.63, 3.8) is 0 Å². The van der Waals surface area contributed by atoms with E-state index in [-0.39, 0.29) is 11.7 Å².